The Bertz CT molecular complexity index is 433. The normalized spacial score (nSPS) is 10.8. The van der Waals surface area contributed by atoms with Crippen molar-refractivity contribution in [2.75, 3.05) is 0 Å². The smallest absolute Gasteiger partial charge is 0.126 e. The first-order valence-electron chi connectivity index (χ1n) is 3.62. The van der Waals surface area contributed by atoms with Crippen molar-refractivity contribution in [3.8, 4) is 5.75 Å². The summed E-state index contributed by atoms with van der Waals surface area (Å²) in [5.74, 6) is 0.319. The van der Waals surface area contributed by atoms with Gasteiger partial charge in [0, 0.05) is 23.1 Å². The average Bonchev–Trinajstić information content (AvgIpc) is 2.33. The van der Waals surface area contributed by atoms with E-state index in [1.165, 1.54) is 0 Å². The zero-order valence-electron chi connectivity index (χ0n) is 6.58. The number of aryl methyl sites for hydroxylation is 1. The molecule has 0 spiro atoms. The molecule has 0 atom stereocenters. The number of halogens is 1. The van der Waals surface area contributed by atoms with Crippen LogP contribution in [-0.2, 0) is 7.05 Å². The molecule has 0 fully saturated rings. The predicted molar refractivity (Wildman–Crippen MR) is 52.3 cm³/mol. The number of aromatic nitrogens is 1. The van der Waals surface area contributed by atoms with Gasteiger partial charge in [0.1, 0.15) is 5.75 Å². The standard InChI is InChI=1S/C9H8BrNO/c1-11-3-2-7-8(11)4-6(10)5-9(7)12/h2-5,12H,1H3. The Morgan fingerprint density at radius 1 is 1.42 bits per heavy atom. The molecule has 0 radical (unpaired) electrons. The van der Waals surface area contributed by atoms with E-state index in [2.05, 4.69) is 15.9 Å². The average molecular weight is 226 g/mol. The highest BCUT2D eigenvalue weighted by molar-refractivity contribution is 9.10. The Kier molecular flexibility index (Phi) is 1.61. The second-order valence-electron chi connectivity index (χ2n) is 2.78. The number of hydrogen-bond donors (Lipinski definition) is 1. The van der Waals surface area contributed by atoms with Crippen LogP contribution in [0.3, 0.4) is 0 Å². The van der Waals surface area contributed by atoms with Crippen LogP contribution in [0, 0.1) is 0 Å². The van der Waals surface area contributed by atoms with Crippen molar-refractivity contribution < 1.29 is 5.11 Å². The van der Waals surface area contributed by atoms with Crippen molar-refractivity contribution in [2.24, 2.45) is 7.05 Å². The summed E-state index contributed by atoms with van der Waals surface area (Å²) in [6.07, 6.45) is 1.93. The van der Waals surface area contributed by atoms with Gasteiger partial charge in [-0.2, -0.15) is 0 Å². The Balaban J connectivity index is 2.92. The van der Waals surface area contributed by atoms with Crippen molar-refractivity contribution in [1.29, 1.82) is 0 Å². The molecule has 1 aromatic carbocycles. The molecule has 1 N–H and O–H groups in total. The summed E-state index contributed by atoms with van der Waals surface area (Å²) < 4.78 is 2.87. The van der Waals surface area contributed by atoms with E-state index in [1.807, 2.05) is 29.9 Å². The molecular weight excluding hydrogens is 218 g/mol. The molecule has 0 unspecified atom stereocenters. The fourth-order valence-electron chi connectivity index (χ4n) is 1.32. The summed E-state index contributed by atoms with van der Waals surface area (Å²) in [7, 11) is 1.95. The predicted octanol–water partition coefficient (Wildman–Crippen LogP) is 2.65. The van der Waals surface area contributed by atoms with Gasteiger partial charge in [0.15, 0.2) is 0 Å². The second-order valence-corrected chi connectivity index (χ2v) is 3.70. The number of phenolic OH excluding ortho intramolecular Hbond substituents is 1. The number of hydrogen-bond acceptors (Lipinski definition) is 1. The molecule has 2 nitrogen and oxygen atoms in total. The van der Waals surface area contributed by atoms with Gasteiger partial charge in [-0.25, -0.2) is 0 Å². The molecule has 0 saturated carbocycles. The van der Waals surface area contributed by atoms with Crippen LogP contribution in [0.2, 0.25) is 0 Å². The summed E-state index contributed by atoms with van der Waals surface area (Å²) in [5.41, 5.74) is 1.03. The monoisotopic (exact) mass is 225 g/mol. The first-order chi connectivity index (χ1) is 5.68. The van der Waals surface area contributed by atoms with Gasteiger partial charge in [-0.3, -0.25) is 0 Å². The number of rotatable bonds is 0. The van der Waals surface area contributed by atoms with E-state index in [0.29, 0.717) is 5.75 Å². The lowest BCUT2D eigenvalue weighted by Crippen LogP contribution is -1.83. The summed E-state index contributed by atoms with van der Waals surface area (Å²) in [4.78, 5) is 0. The molecule has 1 aromatic heterocycles. The highest BCUT2D eigenvalue weighted by Crippen LogP contribution is 2.29. The molecule has 0 aliphatic carbocycles. The van der Waals surface area contributed by atoms with Crippen LogP contribution >= 0.6 is 15.9 Å². The lowest BCUT2D eigenvalue weighted by atomic mass is 10.2. The quantitative estimate of drug-likeness (QED) is 0.733. The minimum absolute atomic E-state index is 0.319. The fraction of sp³-hybridized carbons (Fsp3) is 0.111. The highest BCUT2D eigenvalue weighted by atomic mass is 79.9. The van der Waals surface area contributed by atoms with Crippen LogP contribution < -0.4 is 0 Å². The topological polar surface area (TPSA) is 25.2 Å². The van der Waals surface area contributed by atoms with Crippen LogP contribution in [0.4, 0.5) is 0 Å². The number of benzene rings is 1. The third-order valence-corrected chi connectivity index (χ3v) is 2.40. The van der Waals surface area contributed by atoms with Crippen molar-refractivity contribution in [1.82, 2.24) is 4.57 Å². The van der Waals surface area contributed by atoms with Crippen molar-refractivity contribution in [2.45, 2.75) is 0 Å². The van der Waals surface area contributed by atoms with E-state index in [4.69, 9.17) is 0 Å². The summed E-state index contributed by atoms with van der Waals surface area (Å²) in [6, 6.07) is 5.58. The van der Waals surface area contributed by atoms with Gasteiger partial charge in [0.25, 0.3) is 0 Å². The van der Waals surface area contributed by atoms with Gasteiger partial charge < -0.3 is 9.67 Å². The first-order valence-corrected chi connectivity index (χ1v) is 4.41. The van der Waals surface area contributed by atoms with E-state index in [0.717, 1.165) is 15.4 Å². The number of nitrogens with zero attached hydrogens (tertiary/aromatic N) is 1. The zero-order valence-corrected chi connectivity index (χ0v) is 8.17. The van der Waals surface area contributed by atoms with Crippen LogP contribution in [0.1, 0.15) is 0 Å². The molecule has 3 heteroatoms. The molecule has 0 bridgehead atoms. The summed E-state index contributed by atoms with van der Waals surface area (Å²) in [6.45, 7) is 0. The molecule has 2 aromatic rings. The van der Waals surface area contributed by atoms with Gasteiger partial charge in [-0.15, -0.1) is 0 Å². The molecule has 0 aliphatic rings. The number of aromatic hydroxyl groups is 1. The molecule has 0 amide bonds. The van der Waals surface area contributed by atoms with Gasteiger partial charge in [-0.1, -0.05) is 15.9 Å². The van der Waals surface area contributed by atoms with Gasteiger partial charge >= 0.3 is 0 Å². The fourth-order valence-corrected chi connectivity index (χ4v) is 1.75. The minimum Gasteiger partial charge on any atom is -0.507 e. The Morgan fingerprint density at radius 2 is 2.17 bits per heavy atom. The maximum absolute atomic E-state index is 9.52. The Hall–Kier alpha value is -0.960. The molecule has 62 valence electrons. The van der Waals surface area contributed by atoms with E-state index in [1.54, 1.807) is 6.07 Å². The maximum atomic E-state index is 9.52. The number of phenols is 1. The maximum Gasteiger partial charge on any atom is 0.126 e. The van der Waals surface area contributed by atoms with Gasteiger partial charge in [0.2, 0.25) is 0 Å². The third kappa shape index (κ3) is 1.01. The molecule has 2 rings (SSSR count). The van der Waals surface area contributed by atoms with Gasteiger partial charge in [0.05, 0.1) is 5.52 Å². The van der Waals surface area contributed by atoms with E-state index in [9.17, 15) is 5.11 Å². The lowest BCUT2D eigenvalue weighted by molar-refractivity contribution is 0.481. The Morgan fingerprint density at radius 3 is 2.92 bits per heavy atom. The first kappa shape index (κ1) is 7.68. The number of fused-ring (bicyclic) bond motifs is 1. The van der Waals surface area contributed by atoms with Crippen molar-refractivity contribution in [3.05, 3.63) is 28.9 Å². The summed E-state index contributed by atoms with van der Waals surface area (Å²) >= 11 is 3.33. The van der Waals surface area contributed by atoms with E-state index >= 15 is 0 Å². The second kappa shape index (κ2) is 2.52. The SMILES string of the molecule is Cn1ccc2c(O)cc(Br)cc21. The van der Waals surface area contributed by atoms with Crippen LogP contribution in [0.15, 0.2) is 28.9 Å². The summed E-state index contributed by atoms with van der Waals surface area (Å²) in [5, 5.41) is 10.4. The largest absolute Gasteiger partial charge is 0.507 e. The third-order valence-electron chi connectivity index (χ3n) is 1.95. The van der Waals surface area contributed by atoms with Crippen LogP contribution in [-0.4, -0.2) is 9.67 Å². The zero-order chi connectivity index (χ0) is 8.72. The van der Waals surface area contributed by atoms with Crippen molar-refractivity contribution >= 4 is 26.8 Å². The highest BCUT2D eigenvalue weighted by Gasteiger charge is 2.03. The van der Waals surface area contributed by atoms with Crippen LogP contribution in [0.5, 0.6) is 5.75 Å². The Labute approximate surface area is 78.6 Å². The lowest BCUT2D eigenvalue weighted by Gasteiger charge is -1.99. The van der Waals surface area contributed by atoms with Crippen LogP contribution in [0.25, 0.3) is 10.9 Å². The van der Waals surface area contributed by atoms with Crippen molar-refractivity contribution in [3.63, 3.8) is 0 Å². The minimum atomic E-state index is 0.319. The van der Waals surface area contributed by atoms with E-state index in [-0.39, 0.29) is 0 Å². The molecular formula is C9H8BrNO. The molecule has 0 aliphatic heterocycles. The van der Waals surface area contributed by atoms with E-state index < -0.39 is 0 Å². The molecule has 1 heterocycles. The molecule has 12 heavy (non-hydrogen) atoms. The molecule has 0 saturated heterocycles. The van der Waals surface area contributed by atoms with Gasteiger partial charge in [-0.05, 0) is 18.2 Å².